The van der Waals surface area contributed by atoms with Gasteiger partial charge >= 0.3 is 12.0 Å². The third kappa shape index (κ3) is 4.27. The Morgan fingerprint density at radius 1 is 1.29 bits per heavy atom. The van der Waals surface area contributed by atoms with E-state index in [-0.39, 0.29) is 12.1 Å². The van der Waals surface area contributed by atoms with Gasteiger partial charge in [-0.2, -0.15) is 0 Å². The van der Waals surface area contributed by atoms with Crippen molar-refractivity contribution >= 4 is 17.7 Å². The number of aryl methyl sites for hydroxylation is 1. The molecule has 0 spiro atoms. The van der Waals surface area contributed by atoms with E-state index < -0.39 is 12.0 Å². The fraction of sp³-hybridized carbons (Fsp3) is 0.143. The number of aromatic carboxylic acids is 1. The lowest BCUT2D eigenvalue weighted by Gasteiger charge is -2.07. The molecule has 0 aliphatic carbocycles. The van der Waals surface area contributed by atoms with Crippen LogP contribution in [0.1, 0.15) is 21.6 Å². The van der Waals surface area contributed by atoms with E-state index in [0.717, 1.165) is 5.56 Å². The van der Waals surface area contributed by atoms with Gasteiger partial charge in [0.25, 0.3) is 0 Å². The van der Waals surface area contributed by atoms with Gasteiger partial charge in [-0.1, -0.05) is 0 Å². The molecule has 0 aliphatic rings. The molecule has 2 aromatic rings. The van der Waals surface area contributed by atoms with Gasteiger partial charge in [0.05, 0.1) is 29.7 Å². The van der Waals surface area contributed by atoms with Gasteiger partial charge in [0, 0.05) is 12.4 Å². The van der Waals surface area contributed by atoms with Gasteiger partial charge in [0.2, 0.25) is 0 Å². The number of nitrogens with zero attached hydrogens (tertiary/aromatic N) is 2. The standard InChI is InChI=1S/C14H14N4O3/c1-9-4-12(7-15-6-9)18-14(21)17-8-11-5-10(13(19)20)2-3-16-11/h2-7H,8H2,1H3,(H,19,20)(H2,17,18,21). The minimum absolute atomic E-state index is 0.130. The van der Waals surface area contributed by atoms with E-state index in [0.29, 0.717) is 11.4 Å². The highest BCUT2D eigenvalue weighted by Crippen LogP contribution is 2.07. The Morgan fingerprint density at radius 2 is 2.10 bits per heavy atom. The summed E-state index contributed by atoms with van der Waals surface area (Å²) in [5.41, 5.74) is 2.11. The summed E-state index contributed by atoms with van der Waals surface area (Å²) in [6.07, 6.45) is 4.61. The number of nitrogens with one attached hydrogen (secondary N) is 2. The van der Waals surface area contributed by atoms with E-state index in [1.54, 1.807) is 12.3 Å². The van der Waals surface area contributed by atoms with E-state index >= 15 is 0 Å². The summed E-state index contributed by atoms with van der Waals surface area (Å²) in [5, 5.41) is 14.1. The molecule has 0 aromatic carbocycles. The first-order chi connectivity index (χ1) is 10.0. The summed E-state index contributed by atoms with van der Waals surface area (Å²) in [6.45, 7) is 2.00. The molecule has 2 amide bonds. The average molecular weight is 286 g/mol. The summed E-state index contributed by atoms with van der Waals surface area (Å²) in [5.74, 6) is -1.03. The van der Waals surface area contributed by atoms with Crippen molar-refractivity contribution < 1.29 is 14.7 Å². The van der Waals surface area contributed by atoms with Crippen LogP contribution in [0.25, 0.3) is 0 Å². The van der Waals surface area contributed by atoms with Crippen molar-refractivity contribution in [2.45, 2.75) is 13.5 Å². The monoisotopic (exact) mass is 286 g/mol. The predicted octanol–water partition coefficient (Wildman–Crippen LogP) is 1.80. The maximum absolute atomic E-state index is 11.7. The summed E-state index contributed by atoms with van der Waals surface area (Å²) >= 11 is 0. The van der Waals surface area contributed by atoms with Crippen molar-refractivity contribution in [2.24, 2.45) is 0 Å². The molecule has 21 heavy (non-hydrogen) atoms. The number of carbonyl (C=O) groups is 2. The Hall–Kier alpha value is -2.96. The van der Waals surface area contributed by atoms with Gasteiger partial charge in [-0.15, -0.1) is 0 Å². The van der Waals surface area contributed by atoms with Crippen molar-refractivity contribution in [3.05, 3.63) is 53.6 Å². The smallest absolute Gasteiger partial charge is 0.335 e. The van der Waals surface area contributed by atoms with Gasteiger partial charge in [-0.25, -0.2) is 9.59 Å². The molecule has 2 rings (SSSR count). The molecule has 0 unspecified atom stereocenters. The van der Waals surface area contributed by atoms with Crippen molar-refractivity contribution in [1.82, 2.24) is 15.3 Å². The number of carboxylic acid groups (broad SMARTS) is 1. The van der Waals surface area contributed by atoms with Crippen LogP contribution in [-0.2, 0) is 6.54 Å². The van der Waals surface area contributed by atoms with Crippen LogP contribution in [0.4, 0.5) is 10.5 Å². The molecule has 2 heterocycles. The van der Waals surface area contributed by atoms with Crippen LogP contribution in [0.2, 0.25) is 0 Å². The molecule has 7 nitrogen and oxygen atoms in total. The number of aromatic nitrogens is 2. The van der Waals surface area contributed by atoms with Crippen LogP contribution in [0.5, 0.6) is 0 Å². The minimum Gasteiger partial charge on any atom is -0.478 e. The quantitative estimate of drug-likeness (QED) is 0.795. The SMILES string of the molecule is Cc1cncc(NC(=O)NCc2cc(C(=O)O)ccn2)c1. The lowest BCUT2D eigenvalue weighted by molar-refractivity contribution is 0.0696. The maximum atomic E-state index is 11.7. The van der Waals surface area contributed by atoms with Crippen molar-refractivity contribution in [3.8, 4) is 0 Å². The van der Waals surface area contributed by atoms with Gasteiger partial charge in [-0.05, 0) is 30.7 Å². The second-order valence-electron chi connectivity index (χ2n) is 4.40. The first kappa shape index (κ1) is 14.4. The first-order valence-electron chi connectivity index (χ1n) is 6.19. The van der Waals surface area contributed by atoms with E-state index in [9.17, 15) is 9.59 Å². The molecule has 3 N–H and O–H groups in total. The van der Waals surface area contributed by atoms with Crippen molar-refractivity contribution in [3.63, 3.8) is 0 Å². The summed E-state index contributed by atoms with van der Waals surface area (Å²) in [7, 11) is 0. The van der Waals surface area contributed by atoms with Crippen molar-refractivity contribution in [1.29, 1.82) is 0 Å². The highest BCUT2D eigenvalue weighted by molar-refractivity contribution is 5.89. The number of carboxylic acids is 1. The number of anilines is 1. The van der Waals surface area contributed by atoms with Gasteiger partial charge in [0.1, 0.15) is 0 Å². The number of amides is 2. The van der Waals surface area contributed by atoms with E-state index in [1.807, 2.05) is 6.92 Å². The lowest BCUT2D eigenvalue weighted by Crippen LogP contribution is -2.28. The first-order valence-corrected chi connectivity index (χ1v) is 6.19. The van der Waals surface area contributed by atoms with Gasteiger partial charge in [-0.3, -0.25) is 9.97 Å². The number of hydrogen-bond acceptors (Lipinski definition) is 4. The molecule has 0 aliphatic heterocycles. The van der Waals surface area contributed by atoms with Crippen LogP contribution in [-0.4, -0.2) is 27.1 Å². The largest absolute Gasteiger partial charge is 0.478 e. The fourth-order valence-electron chi connectivity index (χ4n) is 1.68. The molecule has 7 heteroatoms. The minimum atomic E-state index is -1.03. The molecular formula is C14H14N4O3. The van der Waals surface area contributed by atoms with E-state index in [4.69, 9.17) is 5.11 Å². The van der Waals surface area contributed by atoms with Crippen LogP contribution in [0, 0.1) is 6.92 Å². The number of rotatable bonds is 4. The Kier molecular flexibility index (Phi) is 4.45. The molecule has 0 atom stereocenters. The zero-order valence-electron chi connectivity index (χ0n) is 11.3. The highest BCUT2D eigenvalue weighted by Gasteiger charge is 2.06. The zero-order chi connectivity index (χ0) is 15.2. The number of urea groups is 1. The molecule has 0 bridgehead atoms. The van der Waals surface area contributed by atoms with Crippen LogP contribution in [0.15, 0.2) is 36.8 Å². The Morgan fingerprint density at radius 3 is 2.81 bits per heavy atom. The normalized spacial score (nSPS) is 9.95. The van der Waals surface area contributed by atoms with Gasteiger partial charge < -0.3 is 15.7 Å². The van der Waals surface area contributed by atoms with E-state index in [1.165, 1.54) is 24.5 Å². The second kappa shape index (κ2) is 6.47. The molecule has 108 valence electrons. The zero-order valence-corrected chi connectivity index (χ0v) is 11.3. The highest BCUT2D eigenvalue weighted by atomic mass is 16.4. The lowest BCUT2D eigenvalue weighted by atomic mass is 10.2. The summed E-state index contributed by atoms with van der Waals surface area (Å²) < 4.78 is 0. The number of carbonyl (C=O) groups excluding carboxylic acids is 1. The van der Waals surface area contributed by atoms with Gasteiger partial charge in [0.15, 0.2) is 0 Å². The second-order valence-corrected chi connectivity index (χ2v) is 4.40. The maximum Gasteiger partial charge on any atom is 0.335 e. The molecule has 0 fully saturated rings. The van der Waals surface area contributed by atoms with E-state index in [2.05, 4.69) is 20.6 Å². The Balaban J connectivity index is 1.92. The Labute approximate surface area is 121 Å². The summed E-state index contributed by atoms with van der Waals surface area (Å²) in [6, 6.07) is 4.18. The molecule has 0 radical (unpaired) electrons. The Bertz CT molecular complexity index is 673. The van der Waals surface area contributed by atoms with Crippen LogP contribution >= 0.6 is 0 Å². The third-order valence-electron chi connectivity index (χ3n) is 2.63. The number of hydrogen-bond donors (Lipinski definition) is 3. The topological polar surface area (TPSA) is 104 Å². The summed E-state index contributed by atoms with van der Waals surface area (Å²) in [4.78, 5) is 30.5. The predicted molar refractivity (Wildman–Crippen MR) is 76.0 cm³/mol. The molecule has 2 aromatic heterocycles. The molecular weight excluding hydrogens is 272 g/mol. The third-order valence-corrected chi connectivity index (χ3v) is 2.63. The van der Waals surface area contributed by atoms with Crippen LogP contribution in [0.3, 0.4) is 0 Å². The van der Waals surface area contributed by atoms with Crippen molar-refractivity contribution in [2.75, 3.05) is 5.32 Å². The van der Waals surface area contributed by atoms with Crippen LogP contribution < -0.4 is 10.6 Å². The molecule has 0 saturated heterocycles. The number of pyridine rings is 2. The molecule has 0 saturated carbocycles. The fourth-order valence-corrected chi connectivity index (χ4v) is 1.68. The average Bonchev–Trinajstić information content (AvgIpc) is 2.45.